The van der Waals surface area contributed by atoms with E-state index in [1.165, 1.54) is 12.8 Å². The number of methoxy groups -OCH3 is 2. The number of amides is 2. The first-order valence-corrected chi connectivity index (χ1v) is 8.24. The average molecular weight is 320 g/mol. The van der Waals surface area contributed by atoms with Crippen LogP contribution in [0, 0.1) is 5.92 Å². The lowest BCUT2D eigenvalue weighted by molar-refractivity contribution is 0.145. The Hall–Kier alpha value is -1.75. The van der Waals surface area contributed by atoms with Gasteiger partial charge in [-0.05, 0) is 50.3 Å². The summed E-state index contributed by atoms with van der Waals surface area (Å²) in [6.45, 7) is 5.21. The summed E-state index contributed by atoms with van der Waals surface area (Å²) in [6, 6.07) is 8.10. The lowest BCUT2D eigenvalue weighted by atomic mass is 10.1. The Bertz CT molecular complexity index is 499. The van der Waals surface area contributed by atoms with Crippen molar-refractivity contribution in [2.75, 3.05) is 20.8 Å². The summed E-state index contributed by atoms with van der Waals surface area (Å²) in [5.41, 5.74) is 1.10. The minimum atomic E-state index is -0.0234. The highest BCUT2D eigenvalue weighted by Crippen LogP contribution is 2.35. The molecule has 1 aliphatic carbocycles. The number of carbonyl (C=O) groups is 1. The molecule has 0 heterocycles. The van der Waals surface area contributed by atoms with Crippen molar-refractivity contribution in [1.82, 2.24) is 10.2 Å². The Kier molecular flexibility index (Phi) is 6.28. The molecule has 2 rings (SSSR count). The largest absolute Gasteiger partial charge is 0.497 e. The van der Waals surface area contributed by atoms with E-state index < -0.39 is 0 Å². The molecule has 2 amide bonds. The van der Waals surface area contributed by atoms with Crippen LogP contribution in [0.5, 0.6) is 5.75 Å². The molecule has 1 saturated carbocycles. The van der Waals surface area contributed by atoms with Gasteiger partial charge in [-0.25, -0.2) is 4.79 Å². The number of carbonyl (C=O) groups excluding carboxylic acids is 1. The van der Waals surface area contributed by atoms with Crippen LogP contribution >= 0.6 is 0 Å². The molecule has 23 heavy (non-hydrogen) atoms. The van der Waals surface area contributed by atoms with Gasteiger partial charge in [-0.2, -0.15) is 0 Å². The zero-order chi connectivity index (χ0) is 16.8. The molecule has 0 bridgehead atoms. The molecule has 0 aromatic heterocycles. The van der Waals surface area contributed by atoms with Crippen molar-refractivity contribution in [3.05, 3.63) is 29.8 Å². The third-order valence-corrected chi connectivity index (χ3v) is 4.36. The monoisotopic (exact) mass is 320 g/mol. The molecular weight excluding hydrogens is 292 g/mol. The van der Waals surface area contributed by atoms with E-state index in [1.807, 2.05) is 36.1 Å². The van der Waals surface area contributed by atoms with Gasteiger partial charge in [0.1, 0.15) is 5.75 Å². The Balaban J connectivity index is 2.05. The molecule has 0 aliphatic heterocycles. The van der Waals surface area contributed by atoms with Crippen LogP contribution in [0.15, 0.2) is 24.3 Å². The van der Waals surface area contributed by atoms with Crippen LogP contribution < -0.4 is 10.1 Å². The molecule has 1 aliphatic rings. The molecule has 2 atom stereocenters. The average Bonchev–Trinajstić information content (AvgIpc) is 3.37. The van der Waals surface area contributed by atoms with E-state index in [0.717, 1.165) is 11.3 Å². The molecule has 5 nitrogen and oxygen atoms in total. The van der Waals surface area contributed by atoms with E-state index in [0.29, 0.717) is 19.1 Å². The molecule has 128 valence electrons. The number of urea groups is 1. The number of nitrogens with one attached hydrogen (secondary N) is 1. The SMILES string of the molecule is COC[C@@H](C)NC(=O)N(Cc1ccc(OC)cc1)[C@H](C)C1CC1. The van der Waals surface area contributed by atoms with Gasteiger partial charge in [0.25, 0.3) is 0 Å². The Morgan fingerprint density at radius 1 is 1.26 bits per heavy atom. The van der Waals surface area contributed by atoms with E-state index in [2.05, 4.69) is 12.2 Å². The lowest BCUT2D eigenvalue weighted by Gasteiger charge is -2.31. The normalized spacial score (nSPS) is 16.5. The Morgan fingerprint density at radius 2 is 1.91 bits per heavy atom. The van der Waals surface area contributed by atoms with Gasteiger partial charge in [0.15, 0.2) is 0 Å². The molecule has 1 aromatic carbocycles. The molecule has 1 aromatic rings. The maximum Gasteiger partial charge on any atom is 0.318 e. The van der Waals surface area contributed by atoms with Gasteiger partial charge in [0.2, 0.25) is 0 Å². The number of benzene rings is 1. The number of rotatable bonds is 8. The van der Waals surface area contributed by atoms with E-state index in [-0.39, 0.29) is 18.1 Å². The number of hydrogen-bond acceptors (Lipinski definition) is 3. The van der Waals surface area contributed by atoms with Gasteiger partial charge in [-0.15, -0.1) is 0 Å². The molecule has 1 N–H and O–H groups in total. The molecule has 0 saturated heterocycles. The summed E-state index contributed by atoms with van der Waals surface area (Å²) in [5, 5.41) is 3.02. The molecule has 0 radical (unpaired) electrons. The minimum absolute atomic E-state index is 0.00253. The summed E-state index contributed by atoms with van der Waals surface area (Å²) in [5.74, 6) is 1.45. The van der Waals surface area contributed by atoms with Gasteiger partial charge in [0.05, 0.1) is 19.8 Å². The lowest BCUT2D eigenvalue weighted by Crippen LogP contribution is -2.49. The van der Waals surface area contributed by atoms with Crippen LogP contribution in [0.1, 0.15) is 32.3 Å². The van der Waals surface area contributed by atoms with Crippen LogP contribution in [0.4, 0.5) is 4.79 Å². The van der Waals surface area contributed by atoms with Crippen LogP contribution in [-0.4, -0.2) is 43.8 Å². The predicted molar refractivity (Wildman–Crippen MR) is 90.6 cm³/mol. The van der Waals surface area contributed by atoms with E-state index in [9.17, 15) is 4.79 Å². The fourth-order valence-corrected chi connectivity index (χ4v) is 2.75. The van der Waals surface area contributed by atoms with E-state index in [1.54, 1.807) is 14.2 Å². The van der Waals surface area contributed by atoms with Crippen molar-refractivity contribution in [1.29, 1.82) is 0 Å². The van der Waals surface area contributed by atoms with Gasteiger partial charge < -0.3 is 19.7 Å². The summed E-state index contributed by atoms with van der Waals surface area (Å²) in [4.78, 5) is 14.6. The highest BCUT2D eigenvalue weighted by atomic mass is 16.5. The van der Waals surface area contributed by atoms with Crippen LogP contribution in [0.25, 0.3) is 0 Å². The Morgan fingerprint density at radius 3 is 2.43 bits per heavy atom. The zero-order valence-corrected chi connectivity index (χ0v) is 14.5. The summed E-state index contributed by atoms with van der Waals surface area (Å²) in [7, 11) is 3.30. The second kappa shape index (κ2) is 8.20. The third-order valence-electron chi connectivity index (χ3n) is 4.36. The number of hydrogen-bond donors (Lipinski definition) is 1. The van der Waals surface area contributed by atoms with Crippen molar-refractivity contribution in [2.24, 2.45) is 5.92 Å². The fraction of sp³-hybridized carbons (Fsp3) is 0.611. The van der Waals surface area contributed by atoms with Crippen molar-refractivity contribution in [3.8, 4) is 5.75 Å². The maximum atomic E-state index is 12.7. The van der Waals surface area contributed by atoms with Crippen molar-refractivity contribution < 1.29 is 14.3 Å². The second-order valence-corrected chi connectivity index (χ2v) is 6.36. The zero-order valence-electron chi connectivity index (χ0n) is 14.5. The maximum absolute atomic E-state index is 12.7. The van der Waals surface area contributed by atoms with Crippen molar-refractivity contribution in [3.63, 3.8) is 0 Å². The topological polar surface area (TPSA) is 50.8 Å². The number of ether oxygens (including phenoxy) is 2. The van der Waals surface area contributed by atoms with E-state index in [4.69, 9.17) is 9.47 Å². The highest BCUT2D eigenvalue weighted by molar-refractivity contribution is 5.75. The third kappa shape index (κ3) is 5.13. The predicted octanol–water partition coefficient (Wildman–Crippen LogP) is 3.04. The van der Waals surface area contributed by atoms with Crippen LogP contribution in [-0.2, 0) is 11.3 Å². The Labute approximate surface area is 139 Å². The van der Waals surface area contributed by atoms with Crippen molar-refractivity contribution >= 4 is 6.03 Å². The number of nitrogens with zero attached hydrogens (tertiary/aromatic N) is 1. The summed E-state index contributed by atoms with van der Waals surface area (Å²) < 4.78 is 10.3. The highest BCUT2D eigenvalue weighted by Gasteiger charge is 2.34. The molecular formula is C18H28N2O3. The smallest absolute Gasteiger partial charge is 0.318 e. The first-order valence-electron chi connectivity index (χ1n) is 8.24. The van der Waals surface area contributed by atoms with Gasteiger partial charge in [-0.3, -0.25) is 0 Å². The van der Waals surface area contributed by atoms with Gasteiger partial charge in [0, 0.05) is 19.7 Å². The van der Waals surface area contributed by atoms with Crippen LogP contribution in [0.3, 0.4) is 0 Å². The molecule has 5 heteroatoms. The summed E-state index contributed by atoms with van der Waals surface area (Å²) in [6.07, 6.45) is 2.42. The molecule has 1 fully saturated rings. The fourth-order valence-electron chi connectivity index (χ4n) is 2.75. The second-order valence-electron chi connectivity index (χ2n) is 6.36. The molecule has 0 unspecified atom stereocenters. The molecule has 0 spiro atoms. The summed E-state index contributed by atoms with van der Waals surface area (Å²) >= 11 is 0. The van der Waals surface area contributed by atoms with Gasteiger partial charge in [-0.1, -0.05) is 12.1 Å². The minimum Gasteiger partial charge on any atom is -0.497 e. The van der Waals surface area contributed by atoms with E-state index >= 15 is 0 Å². The van der Waals surface area contributed by atoms with Crippen molar-refractivity contribution in [2.45, 2.75) is 45.3 Å². The first-order chi connectivity index (χ1) is 11.0. The van der Waals surface area contributed by atoms with Gasteiger partial charge >= 0.3 is 6.03 Å². The standard InChI is InChI=1S/C18H28N2O3/c1-13(12-22-3)19-18(21)20(14(2)16-7-8-16)11-15-5-9-17(23-4)10-6-15/h5-6,9-10,13-14,16H,7-8,11-12H2,1-4H3,(H,19,21)/t13-,14-/m1/s1. The van der Waals surface area contributed by atoms with Crippen LogP contribution in [0.2, 0.25) is 0 Å². The quantitative estimate of drug-likeness (QED) is 0.801. The first kappa shape index (κ1) is 17.6.